The van der Waals surface area contributed by atoms with Gasteiger partial charge in [-0.3, -0.25) is 14.5 Å². The van der Waals surface area contributed by atoms with Crippen LogP contribution in [0.5, 0.6) is 0 Å². The SMILES string of the molecule is CC(c1cccc(S(N)(=O)=O)c1)N(C)C(=O)CN1C(=O)NC2(CCc3ccccc32)C1=O. The number of primary sulfonamides is 1. The first-order valence-electron chi connectivity index (χ1n) is 10.2. The van der Waals surface area contributed by atoms with Crippen LogP contribution in [0.15, 0.2) is 53.4 Å². The number of imide groups is 1. The minimum Gasteiger partial charge on any atom is -0.337 e. The molecule has 1 aliphatic carbocycles. The Bertz CT molecular complexity index is 1230. The average molecular weight is 457 g/mol. The Hall–Kier alpha value is -3.24. The molecular formula is C22H24N4O5S. The van der Waals surface area contributed by atoms with Gasteiger partial charge in [0.15, 0.2) is 0 Å². The summed E-state index contributed by atoms with van der Waals surface area (Å²) in [5, 5.41) is 8.00. The molecule has 1 aliphatic heterocycles. The van der Waals surface area contributed by atoms with Crippen molar-refractivity contribution >= 4 is 27.9 Å². The molecule has 0 saturated carbocycles. The number of hydrogen-bond acceptors (Lipinski definition) is 5. The lowest BCUT2D eigenvalue weighted by atomic mass is 9.92. The number of likely N-dealkylation sites (N-methyl/N-ethyl adjacent to an activating group) is 1. The highest BCUT2D eigenvalue weighted by Crippen LogP contribution is 2.41. The molecule has 4 rings (SSSR count). The van der Waals surface area contributed by atoms with Crippen molar-refractivity contribution in [2.45, 2.75) is 36.2 Å². The molecule has 0 bridgehead atoms. The maximum Gasteiger partial charge on any atom is 0.325 e. The highest BCUT2D eigenvalue weighted by atomic mass is 32.2. The number of carbonyl (C=O) groups excluding carboxylic acids is 3. The van der Waals surface area contributed by atoms with Gasteiger partial charge >= 0.3 is 6.03 Å². The van der Waals surface area contributed by atoms with Crippen molar-refractivity contribution in [2.75, 3.05) is 13.6 Å². The van der Waals surface area contributed by atoms with Crippen LogP contribution in [0.2, 0.25) is 0 Å². The van der Waals surface area contributed by atoms with Gasteiger partial charge in [0, 0.05) is 7.05 Å². The van der Waals surface area contributed by atoms with Crippen LogP contribution in [-0.2, 0) is 31.6 Å². The lowest BCUT2D eigenvalue weighted by molar-refractivity contribution is -0.139. The summed E-state index contributed by atoms with van der Waals surface area (Å²) < 4.78 is 23.3. The van der Waals surface area contributed by atoms with Crippen LogP contribution in [-0.4, -0.2) is 49.7 Å². The molecule has 1 fully saturated rings. The van der Waals surface area contributed by atoms with E-state index >= 15 is 0 Å². The summed E-state index contributed by atoms with van der Waals surface area (Å²) in [7, 11) is -2.35. The van der Waals surface area contributed by atoms with Crippen molar-refractivity contribution in [3.63, 3.8) is 0 Å². The first-order chi connectivity index (χ1) is 15.0. The summed E-state index contributed by atoms with van der Waals surface area (Å²) in [6.07, 6.45) is 1.12. The third kappa shape index (κ3) is 3.55. The summed E-state index contributed by atoms with van der Waals surface area (Å²) >= 11 is 0. The van der Waals surface area contributed by atoms with Crippen molar-refractivity contribution in [1.29, 1.82) is 0 Å². The smallest absolute Gasteiger partial charge is 0.325 e. The molecule has 10 heteroatoms. The molecule has 2 unspecified atom stereocenters. The minimum absolute atomic E-state index is 0.0568. The van der Waals surface area contributed by atoms with Crippen LogP contribution in [0.1, 0.15) is 36.1 Å². The first-order valence-corrected chi connectivity index (χ1v) is 11.7. The van der Waals surface area contributed by atoms with Crippen molar-refractivity contribution < 1.29 is 22.8 Å². The van der Waals surface area contributed by atoms with Gasteiger partial charge in [-0.2, -0.15) is 0 Å². The number of sulfonamides is 1. The molecule has 168 valence electrons. The van der Waals surface area contributed by atoms with Crippen LogP contribution in [0.4, 0.5) is 4.79 Å². The van der Waals surface area contributed by atoms with E-state index in [1.165, 1.54) is 24.1 Å². The molecule has 9 nitrogen and oxygen atoms in total. The fourth-order valence-electron chi connectivity index (χ4n) is 4.37. The predicted molar refractivity (Wildman–Crippen MR) is 116 cm³/mol. The van der Waals surface area contributed by atoms with Gasteiger partial charge in [0.1, 0.15) is 12.1 Å². The largest absolute Gasteiger partial charge is 0.337 e. The van der Waals surface area contributed by atoms with Gasteiger partial charge in [-0.15, -0.1) is 0 Å². The number of amides is 4. The van der Waals surface area contributed by atoms with Crippen LogP contribution in [0, 0.1) is 0 Å². The lowest BCUT2D eigenvalue weighted by Crippen LogP contribution is -2.44. The van der Waals surface area contributed by atoms with E-state index < -0.39 is 46.0 Å². The van der Waals surface area contributed by atoms with E-state index in [-0.39, 0.29) is 4.90 Å². The van der Waals surface area contributed by atoms with E-state index in [0.29, 0.717) is 18.4 Å². The van der Waals surface area contributed by atoms with Gasteiger partial charge in [0.05, 0.1) is 10.9 Å². The van der Waals surface area contributed by atoms with Crippen molar-refractivity contribution in [3.05, 3.63) is 65.2 Å². The van der Waals surface area contributed by atoms with E-state index in [2.05, 4.69) is 5.32 Å². The quantitative estimate of drug-likeness (QED) is 0.654. The van der Waals surface area contributed by atoms with E-state index in [1.807, 2.05) is 24.3 Å². The van der Waals surface area contributed by atoms with Crippen LogP contribution < -0.4 is 10.5 Å². The zero-order chi connectivity index (χ0) is 23.3. The summed E-state index contributed by atoms with van der Waals surface area (Å²) in [6, 6.07) is 12.4. The van der Waals surface area contributed by atoms with E-state index in [0.717, 1.165) is 16.0 Å². The van der Waals surface area contributed by atoms with Gasteiger partial charge in [0.2, 0.25) is 15.9 Å². The highest BCUT2D eigenvalue weighted by molar-refractivity contribution is 7.89. The topological polar surface area (TPSA) is 130 Å². The standard InChI is InChI=1S/C22H24N4O5S/c1-14(16-7-5-8-17(12-16)32(23,30)31)25(2)19(27)13-26-20(28)22(24-21(26)29)11-10-15-6-3-4-9-18(15)22/h3-9,12,14H,10-11,13H2,1-2H3,(H,24,29)(H2,23,30,31). The molecule has 1 spiro atoms. The molecule has 1 heterocycles. The molecule has 2 atom stereocenters. The Labute approximate surface area is 186 Å². The number of aryl methyl sites for hydroxylation is 1. The molecule has 32 heavy (non-hydrogen) atoms. The number of nitrogens with two attached hydrogens (primary N) is 1. The van der Waals surface area contributed by atoms with Crippen LogP contribution in [0.3, 0.4) is 0 Å². The van der Waals surface area contributed by atoms with Crippen LogP contribution >= 0.6 is 0 Å². The number of carbonyl (C=O) groups is 3. The van der Waals surface area contributed by atoms with Gasteiger partial charge in [-0.05, 0) is 48.6 Å². The van der Waals surface area contributed by atoms with Gasteiger partial charge in [-0.25, -0.2) is 18.4 Å². The van der Waals surface area contributed by atoms with Crippen molar-refractivity contribution in [2.24, 2.45) is 5.14 Å². The molecule has 0 aromatic heterocycles. The Morgan fingerprint density at radius 3 is 2.66 bits per heavy atom. The fraction of sp³-hybridized carbons (Fsp3) is 0.318. The Morgan fingerprint density at radius 2 is 1.94 bits per heavy atom. The van der Waals surface area contributed by atoms with Gasteiger partial charge in [-0.1, -0.05) is 36.4 Å². The second-order valence-corrected chi connectivity index (χ2v) is 9.74. The van der Waals surface area contributed by atoms with E-state index in [9.17, 15) is 22.8 Å². The minimum atomic E-state index is -3.88. The molecule has 2 aromatic carbocycles. The normalized spacial score (nSPS) is 20.9. The lowest BCUT2D eigenvalue weighted by Gasteiger charge is -2.27. The monoisotopic (exact) mass is 456 g/mol. The second kappa shape index (κ2) is 7.72. The predicted octanol–water partition coefficient (Wildman–Crippen LogP) is 1.25. The Kier molecular flexibility index (Phi) is 5.30. The molecule has 3 N–H and O–H groups in total. The van der Waals surface area contributed by atoms with E-state index in [4.69, 9.17) is 5.14 Å². The number of nitrogens with zero attached hydrogens (tertiary/aromatic N) is 2. The number of benzene rings is 2. The average Bonchev–Trinajstić information content (AvgIpc) is 3.25. The molecule has 2 aliphatic rings. The third-order valence-corrected chi connectivity index (χ3v) is 7.27. The molecule has 0 radical (unpaired) electrons. The van der Waals surface area contributed by atoms with Gasteiger partial charge < -0.3 is 10.2 Å². The molecule has 2 aromatic rings. The van der Waals surface area contributed by atoms with E-state index in [1.54, 1.807) is 19.1 Å². The maximum absolute atomic E-state index is 13.2. The summed E-state index contributed by atoms with van der Waals surface area (Å²) in [5.41, 5.74) is 1.22. The number of rotatable bonds is 5. The highest BCUT2D eigenvalue weighted by Gasteiger charge is 2.55. The zero-order valence-electron chi connectivity index (χ0n) is 17.7. The van der Waals surface area contributed by atoms with Gasteiger partial charge in [0.25, 0.3) is 5.91 Å². The van der Waals surface area contributed by atoms with Crippen LogP contribution in [0.25, 0.3) is 0 Å². The first kappa shape index (κ1) is 22.0. The number of nitrogens with one attached hydrogen (secondary N) is 1. The Balaban J connectivity index is 1.52. The number of hydrogen-bond donors (Lipinski definition) is 2. The molecular weight excluding hydrogens is 432 g/mol. The third-order valence-electron chi connectivity index (χ3n) is 6.36. The summed E-state index contributed by atoms with van der Waals surface area (Å²) in [5.74, 6) is -0.886. The number of fused-ring (bicyclic) bond motifs is 2. The second-order valence-electron chi connectivity index (χ2n) is 8.18. The fourth-order valence-corrected chi connectivity index (χ4v) is 4.94. The number of urea groups is 1. The summed E-state index contributed by atoms with van der Waals surface area (Å²) in [4.78, 5) is 41.1. The molecule has 1 saturated heterocycles. The van der Waals surface area contributed by atoms with Crippen molar-refractivity contribution in [3.8, 4) is 0 Å². The summed E-state index contributed by atoms with van der Waals surface area (Å²) in [6.45, 7) is 1.31. The Morgan fingerprint density at radius 1 is 1.22 bits per heavy atom. The molecule has 4 amide bonds. The van der Waals surface area contributed by atoms with Crippen molar-refractivity contribution in [1.82, 2.24) is 15.1 Å². The maximum atomic E-state index is 13.2. The zero-order valence-corrected chi connectivity index (χ0v) is 18.6.